The van der Waals surface area contributed by atoms with E-state index in [9.17, 15) is 9.18 Å². The minimum absolute atomic E-state index is 0.0811. The van der Waals surface area contributed by atoms with Gasteiger partial charge in [0, 0.05) is 6.20 Å². The van der Waals surface area contributed by atoms with E-state index in [2.05, 4.69) is 31.2 Å². The first-order valence-corrected chi connectivity index (χ1v) is 10.7. The molecule has 7 heteroatoms. The molecule has 2 aromatic heterocycles. The average molecular weight is 448 g/mol. The number of nitrogens with zero attached hydrogens (tertiary/aromatic N) is 2. The summed E-state index contributed by atoms with van der Waals surface area (Å²) in [5.74, 6) is 0.765. The fourth-order valence-electron chi connectivity index (χ4n) is 3.31. The van der Waals surface area contributed by atoms with Crippen molar-refractivity contribution in [3.63, 3.8) is 0 Å². The van der Waals surface area contributed by atoms with Gasteiger partial charge in [0.2, 0.25) is 0 Å². The summed E-state index contributed by atoms with van der Waals surface area (Å²) in [6.07, 6.45) is 3.21. The summed E-state index contributed by atoms with van der Waals surface area (Å²) >= 11 is 0. The van der Waals surface area contributed by atoms with E-state index in [0.717, 1.165) is 11.3 Å². The number of aromatic nitrogens is 2. The van der Waals surface area contributed by atoms with Gasteiger partial charge in [-0.05, 0) is 52.9 Å². The van der Waals surface area contributed by atoms with E-state index in [0.29, 0.717) is 18.0 Å². The Morgan fingerprint density at radius 3 is 2.64 bits per heavy atom. The van der Waals surface area contributed by atoms with E-state index < -0.39 is 0 Å². The van der Waals surface area contributed by atoms with E-state index in [4.69, 9.17) is 9.15 Å². The van der Waals surface area contributed by atoms with Crippen LogP contribution in [0.1, 0.15) is 48.2 Å². The van der Waals surface area contributed by atoms with E-state index in [-0.39, 0.29) is 29.5 Å². The zero-order valence-corrected chi connectivity index (χ0v) is 18.8. The Bertz CT molecular complexity index is 1240. The summed E-state index contributed by atoms with van der Waals surface area (Å²) in [6.45, 7) is 7.09. The van der Waals surface area contributed by atoms with Gasteiger partial charge in [0.15, 0.2) is 5.76 Å². The van der Waals surface area contributed by atoms with Crippen LogP contribution in [0.5, 0.6) is 5.75 Å². The van der Waals surface area contributed by atoms with Gasteiger partial charge in [-0.15, -0.1) is 0 Å². The molecule has 2 aromatic carbocycles. The number of hydrogen-bond donors (Lipinski definition) is 1. The fraction of sp³-hybridized carbons (Fsp3) is 0.231. The minimum atomic E-state index is -0.388. The van der Waals surface area contributed by atoms with Gasteiger partial charge in [-0.1, -0.05) is 45.0 Å². The molecule has 4 rings (SSSR count). The number of amides is 1. The van der Waals surface area contributed by atoms with Crippen molar-refractivity contribution < 1.29 is 18.3 Å². The van der Waals surface area contributed by atoms with Crippen molar-refractivity contribution >= 4 is 11.6 Å². The van der Waals surface area contributed by atoms with Crippen LogP contribution in [0, 0.1) is 5.82 Å². The van der Waals surface area contributed by atoms with E-state index >= 15 is 0 Å². The largest absolute Gasteiger partial charge is 0.486 e. The Hall–Kier alpha value is -3.87. The van der Waals surface area contributed by atoms with Crippen molar-refractivity contribution in [1.29, 1.82) is 0 Å². The highest BCUT2D eigenvalue weighted by atomic mass is 19.1. The molecule has 33 heavy (non-hydrogen) atoms. The van der Waals surface area contributed by atoms with Gasteiger partial charge in [-0.3, -0.25) is 9.48 Å². The quantitative estimate of drug-likeness (QED) is 0.389. The number of carbonyl (C=O) groups is 1. The molecule has 170 valence electrons. The third-order valence-electron chi connectivity index (χ3n) is 5.11. The molecular formula is C26H26FN3O3. The molecule has 0 saturated heterocycles. The van der Waals surface area contributed by atoms with Crippen LogP contribution in [-0.2, 0) is 18.6 Å². The zero-order chi connectivity index (χ0) is 23.4. The molecule has 0 spiro atoms. The number of ether oxygens (including phenoxy) is 1. The Kier molecular flexibility index (Phi) is 6.31. The number of hydrogen-bond acceptors (Lipinski definition) is 4. The number of halogens is 1. The van der Waals surface area contributed by atoms with Crippen LogP contribution in [0.2, 0.25) is 0 Å². The first-order chi connectivity index (χ1) is 15.8. The third kappa shape index (κ3) is 5.88. The second kappa shape index (κ2) is 9.32. The van der Waals surface area contributed by atoms with Crippen LogP contribution < -0.4 is 10.1 Å². The molecule has 0 saturated carbocycles. The summed E-state index contributed by atoms with van der Waals surface area (Å²) in [4.78, 5) is 12.5. The molecule has 0 bridgehead atoms. The highest BCUT2D eigenvalue weighted by Crippen LogP contribution is 2.25. The van der Waals surface area contributed by atoms with Crippen LogP contribution in [0.4, 0.5) is 10.1 Å². The third-order valence-corrected chi connectivity index (χ3v) is 5.11. The SMILES string of the molecule is CC(C)(C)c1ccc(OCc2ccc(C(=O)Nc3cnn(Cc4cccc(F)c4)c3)o2)cc1. The topological polar surface area (TPSA) is 69.3 Å². The van der Waals surface area contributed by atoms with Crippen LogP contribution in [-0.4, -0.2) is 15.7 Å². The maximum atomic E-state index is 13.3. The van der Waals surface area contributed by atoms with Gasteiger partial charge in [-0.2, -0.15) is 5.10 Å². The molecule has 1 amide bonds. The number of anilines is 1. The lowest BCUT2D eigenvalue weighted by Gasteiger charge is -2.19. The Labute approximate surface area is 192 Å². The second-order valence-electron chi connectivity index (χ2n) is 8.84. The molecule has 2 heterocycles. The molecule has 0 fully saturated rings. The maximum absolute atomic E-state index is 13.3. The lowest BCUT2D eigenvalue weighted by Crippen LogP contribution is -2.10. The van der Waals surface area contributed by atoms with Gasteiger partial charge in [0.25, 0.3) is 5.91 Å². The summed E-state index contributed by atoms with van der Waals surface area (Å²) < 4.78 is 26.4. The number of carbonyl (C=O) groups excluding carboxylic acids is 1. The van der Waals surface area contributed by atoms with Gasteiger partial charge < -0.3 is 14.5 Å². The van der Waals surface area contributed by atoms with Gasteiger partial charge in [-0.25, -0.2) is 4.39 Å². The van der Waals surface area contributed by atoms with E-state index in [1.807, 2.05) is 30.3 Å². The lowest BCUT2D eigenvalue weighted by atomic mass is 9.87. The molecule has 0 atom stereocenters. The summed E-state index contributed by atoms with van der Waals surface area (Å²) in [5.41, 5.74) is 2.60. The summed E-state index contributed by atoms with van der Waals surface area (Å²) in [6, 6.07) is 17.6. The van der Waals surface area contributed by atoms with E-state index in [1.165, 1.54) is 23.9 Å². The normalized spacial score (nSPS) is 11.4. The first kappa shape index (κ1) is 22.3. The maximum Gasteiger partial charge on any atom is 0.291 e. The van der Waals surface area contributed by atoms with Crippen LogP contribution in [0.25, 0.3) is 0 Å². The number of benzene rings is 2. The molecule has 1 N–H and O–H groups in total. The Morgan fingerprint density at radius 2 is 1.91 bits per heavy atom. The highest BCUT2D eigenvalue weighted by Gasteiger charge is 2.15. The van der Waals surface area contributed by atoms with Crippen LogP contribution >= 0.6 is 0 Å². The fourth-order valence-corrected chi connectivity index (χ4v) is 3.31. The van der Waals surface area contributed by atoms with Crippen molar-refractivity contribution in [3.8, 4) is 5.75 Å². The standard InChI is InChI=1S/C26H26FN3O3/c1-26(2,3)19-7-9-22(10-8-19)32-17-23-11-12-24(33-23)25(31)29-21-14-28-30(16-21)15-18-5-4-6-20(27)13-18/h4-14,16H,15,17H2,1-3H3,(H,29,31). The molecule has 6 nitrogen and oxygen atoms in total. The van der Waals surface area contributed by atoms with Crippen molar-refractivity contribution in [1.82, 2.24) is 9.78 Å². The highest BCUT2D eigenvalue weighted by molar-refractivity contribution is 6.02. The number of furan rings is 1. The number of rotatable bonds is 7. The molecule has 0 unspecified atom stereocenters. The molecule has 4 aromatic rings. The van der Waals surface area contributed by atoms with E-state index in [1.54, 1.807) is 29.1 Å². The smallest absolute Gasteiger partial charge is 0.291 e. The molecule has 0 aliphatic rings. The average Bonchev–Trinajstić information content (AvgIpc) is 3.42. The van der Waals surface area contributed by atoms with Crippen molar-refractivity contribution in [3.05, 3.63) is 102 Å². The summed E-state index contributed by atoms with van der Waals surface area (Å²) in [7, 11) is 0. The predicted octanol–water partition coefficient (Wildman–Crippen LogP) is 5.79. The monoisotopic (exact) mass is 447 g/mol. The summed E-state index contributed by atoms with van der Waals surface area (Å²) in [5, 5.41) is 6.96. The molecule has 0 aliphatic carbocycles. The number of nitrogens with one attached hydrogen (secondary N) is 1. The Morgan fingerprint density at radius 1 is 1.12 bits per heavy atom. The van der Waals surface area contributed by atoms with Crippen molar-refractivity contribution in [2.75, 3.05) is 5.32 Å². The lowest BCUT2D eigenvalue weighted by molar-refractivity contribution is 0.0992. The predicted molar refractivity (Wildman–Crippen MR) is 124 cm³/mol. The van der Waals surface area contributed by atoms with Gasteiger partial charge in [0.1, 0.15) is 23.9 Å². The molecular weight excluding hydrogens is 421 g/mol. The van der Waals surface area contributed by atoms with Crippen molar-refractivity contribution in [2.45, 2.75) is 39.3 Å². The minimum Gasteiger partial charge on any atom is -0.486 e. The van der Waals surface area contributed by atoms with Gasteiger partial charge in [0.05, 0.1) is 18.4 Å². The molecule has 0 radical (unpaired) electrons. The van der Waals surface area contributed by atoms with Crippen LogP contribution in [0.3, 0.4) is 0 Å². The van der Waals surface area contributed by atoms with Crippen molar-refractivity contribution in [2.24, 2.45) is 0 Å². The zero-order valence-electron chi connectivity index (χ0n) is 18.8. The Balaban J connectivity index is 1.31. The molecule has 0 aliphatic heterocycles. The van der Waals surface area contributed by atoms with Crippen LogP contribution in [0.15, 0.2) is 77.5 Å². The second-order valence-corrected chi connectivity index (χ2v) is 8.84. The van der Waals surface area contributed by atoms with Gasteiger partial charge >= 0.3 is 0 Å². The first-order valence-electron chi connectivity index (χ1n) is 10.7.